The molecule has 2 atom stereocenters. The summed E-state index contributed by atoms with van der Waals surface area (Å²) < 4.78 is 5.34. The summed E-state index contributed by atoms with van der Waals surface area (Å²) in [5.74, 6) is -0.403. The van der Waals surface area contributed by atoms with E-state index in [-0.39, 0.29) is 11.8 Å². The monoisotopic (exact) mass is 352 g/mol. The third kappa shape index (κ3) is 4.51. The molecule has 0 aromatic rings. The molecule has 1 saturated carbocycles. The molecule has 0 aromatic heterocycles. The van der Waals surface area contributed by atoms with Gasteiger partial charge in [0.05, 0.1) is 0 Å². The van der Waals surface area contributed by atoms with Crippen molar-refractivity contribution >= 4 is 17.8 Å². The molecule has 2 saturated heterocycles. The highest BCUT2D eigenvalue weighted by atomic mass is 16.5. The maximum absolute atomic E-state index is 12.5. The summed E-state index contributed by atoms with van der Waals surface area (Å²) in [5, 5.41) is 8.96. The van der Waals surface area contributed by atoms with Crippen molar-refractivity contribution in [3.05, 3.63) is 0 Å². The van der Waals surface area contributed by atoms with Crippen LogP contribution < -0.4 is 0 Å². The van der Waals surface area contributed by atoms with Gasteiger partial charge in [-0.05, 0) is 31.6 Å². The highest BCUT2D eigenvalue weighted by Gasteiger charge is 2.37. The minimum absolute atomic E-state index is 0.136. The lowest BCUT2D eigenvalue weighted by atomic mass is 9.86. The van der Waals surface area contributed by atoms with E-state index in [1.807, 2.05) is 4.90 Å². The molecule has 3 fully saturated rings. The van der Waals surface area contributed by atoms with Gasteiger partial charge in [0.2, 0.25) is 5.91 Å². The summed E-state index contributed by atoms with van der Waals surface area (Å²) >= 11 is 0. The Hall–Kier alpha value is -1.63. The molecule has 1 N–H and O–H groups in total. The SMILES string of the molecule is O=C(O)[C@H]1CC[C@@H](C(=O)N2CCN(C(=O)CC3CCCCC3)CC2)O1. The van der Waals surface area contributed by atoms with Crippen molar-refractivity contribution < 1.29 is 24.2 Å². The molecule has 140 valence electrons. The molecule has 0 spiro atoms. The second kappa shape index (κ2) is 8.17. The highest BCUT2D eigenvalue weighted by Crippen LogP contribution is 2.27. The van der Waals surface area contributed by atoms with Crippen molar-refractivity contribution in [2.75, 3.05) is 26.2 Å². The summed E-state index contributed by atoms with van der Waals surface area (Å²) in [6.07, 6.45) is 6.04. The van der Waals surface area contributed by atoms with Crippen LogP contribution in [-0.2, 0) is 19.1 Å². The standard InChI is InChI=1S/C18H28N2O5/c21-16(12-13-4-2-1-3-5-13)19-8-10-20(11-9-19)17(22)14-6-7-15(25-14)18(23)24/h13-15H,1-12H2,(H,23,24)/t14-,15+/m0/s1. The molecule has 0 unspecified atom stereocenters. The molecule has 0 bridgehead atoms. The number of carboxylic acid groups (broad SMARTS) is 1. The smallest absolute Gasteiger partial charge is 0.332 e. The van der Waals surface area contributed by atoms with Gasteiger partial charge in [0.25, 0.3) is 5.91 Å². The average Bonchev–Trinajstić information content (AvgIpc) is 3.12. The summed E-state index contributed by atoms with van der Waals surface area (Å²) in [5.41, 5.74) is 0. The molecule has 7 nitrogen and oxygen atoms in total. The Bertz CT molecular complexity index is 510. The average molecular weight is 352 g/mol. The second-order valence-electron chi connectivity index (χ2n) is 7.44. The predicted octanol–water partition coefficient (Wildman–Crippen LogP) is 1.26. The Morgan fingerprint density at radius 3 is 2.04 bits per heavy atom. The van der Waals surface area contributed by atoms with Gasteiger partial charge in [-0.2, -0.15) is 0 Å². The number of hydrogen-bond acceptors (Lipinski definition) is 4. The van der Waals surface area contributed by atoms with E-state index in [1.165, 1.54) is 19.3 Å². The second-order valence-corrected chi connectivity index (χ2v) is 7.44. The highest BCUT2D eigenvalue weighted by molar-refractivity contribution is 5.83. The van der Waals surface area contributed by atoms with Gasteiger partial charge in [0, 0.05) is 32.6 Å². The zero-order chi connectivity index (χ0) is 17.8. The topological polar surface area (TPSA) is 87.2 Å². The summed E-state index contributed by atoms with van der Waals surface area (Å²) in [6, 6.07) is 0. The number of aliphatic carboxylic acids is 1. The Morgan fingerprint density at radius 2 is 1.44 bits per heavy atom. The normalized spacial score (nSPS) is 28.2. The molecule has 0 aromatic carbocycles. The van der Waals surface area contributed by atoms with Crippen molar-refractivity contribution in [1.29, 1.82) is 0 Å². The quantitative estimate of drug-likeness (QED) is 0.823. The number of carboxylic acids is 1. The van der Waals surface area contributed by atoms with Crippen LogP contribution in [0.25, 0.3) is 0 Å². The first-order valence-corrected chi connectivity index (χ1v) is 9.49. The van der Waals surface area contributed by atoms with E-state index >= 15 is 0 Å². The van der Waals surface area contributed by atoms with E-state index in [4.69, 9.17) is 9.84 Å². The lowest BCUT2D eigenvalue weighted by Crippen LogP contribution is -2.53. The summed E-state index contributed by atoms with van der Waals surface area (Å²) in [7, 11) is 0. The molecule has 2 heterocycles. The van der Waals surface area contributed by atoms with Gasteiger partial charge in [-0.25, -0.2) is 4.79 Å². The Balaban J connectivity index is 1.43. The van der Waals surface area contributed by atoms with Crippen LogP contribution in [0.5, 0.6) is 0 Å². The van der Waals surface area contributed by atoms with Gasteiger partial charge in [-0.15, -0.1) is 0 Å². The van der Waals surface area contributed by atoms with Gasteiger partial charge < -0.3 is 19.6 Å². The maximum Gasteiger partial charge on any atom is 0.332 e. The fourth-order valence-corrected chi connectivity index (χ4v) is 4.15. The zero-order valence-electron chi connectivity index (χ0n) is 14.7. The fraction of sp³-hybridized carbons (Fsp3) is 0.833. The minimum atomic E-state index is -1.01. The van der Waals surface area contributed by atoms with Crippen LogP contribution in [0, 0.1) is 5.92 Å². The largest absolute Gasteiger partial charge is 0.479 e. The van der Waals surface area contributed by atoms with E-state index in [2.05, 4.69) is 0 Å². The van der Waals surface area contributed by atoms with E-state index in [9.17, 15) is 14.4 Å². The van der Waals surface area contributed by atoms with E-state index in [0.717, 1.165) is 12.8 Å². The number of rotatable bonds is 4. The molecule has 2 amide bonds. The molecular formula is C18H28N2O5. The first-order valence-electron chi connectivity index (χ1n) is 9.49. The number of piperazine rings is 1. The lowest BCUT2D eigenvalue weighted by molar-refractivity contribution is -0.156. The van der Waals surface area contributed by atoms with Crippen LogP contribution in [0.4, 0.5) is 0 Å². The first-order chi connectivity index (χ1) is 12.0. The van der Waals surface area contributed by atoms with Crippen molar-refractivity contribution in [3.63, 3.8) is 0 Å². The summed E-state index contributed by atoms with van der Waals surface area (Å²) in [4.78, 5) is 39.4. The van der Waals surface area contributed by atoms with E-state index in [0.29, 0.717) is 51.4 Å². The Morgan fingerprint density at radius 1 is 0.840 bits per heavy atom. The third-order valence-electron chi connectivity index (χ3n) is 5.70. The molecule has 0 radical (unpaired) electrons. The van der Waals surface area contributed by atoms with Gasteiger partial charge >= 0.3 is 5.97 Å². The molecule has 25 heavy (non-hydrogen) atoms. The minimum Gasteiger partial charge on any atom is -0.479 e. The molecule has 3 rings (SSSR count). The molecule has 1 aliphatic carbocycles. The number of nitrogens with zero attached hydrogens (tertiary/aromatic N) is 2. The van der Waals surface area contributed by atoms with Gasteiger partial charge in [0.1, 0.15) is 6.10 Å². The van der Waals surface area contributed by atoms with E-state index < -0.39 is 18.2 Å². The van der Waals surface area contributed by atoms with Gasteiger partial charge in [-0.1, -0.05) is 19.3 Å². The first kappa shape index (κ1) is 18.2. The molecule has 7 heteroatoms. The zero-order valence-corrected chi connectivity index (χ0v) is 14.7. The molecule has 3 aliphatic rings. The van der Waals surface area contributed by atoms with Crippen molar-refractivity contribution in [2.24, 2.45) is 5.92 Å². The lowest BCUT2D eigenvalue weighted by Gasteiger charge is -2.36. The molecule has 2 aliphatic heterocycles. The van der Waals surface area contributed by atoms with Gasteiger partial charge in [-0.3, -0.25) is 9.59 Å². The third-order valence-corrected chi connectivity index (χ3v) is 5.70. The van der Waals surface area contributed by atoms with Crippen LogP contribution in [0.1, 0.15) is 51.4 Å². The van der Waals surface area contributed by atoms with Crippen LogP contribution >= 0.6 is 0 Å². The number of amides is 2. The maximum atomic E-state index is 12.5. The number of ether oxygens (including phenoxy) is 1. The number of hydrogen-bond donors (Lipinski definition) is 1. The number of carbonyl (C=O) groups excluding carboxylic acids is 2. The summed E-state index contributed by atoms with van der Waals surface area (Å²) in [6.45, 7) is 2.14. The van der Waals surface area contributed by atoms with Crippen LogP contribution in [-0.4, -0.2) is 71.1 Å². The Labute approximate surface area is 148 Å². The predicted molar refractivity (Wildman–Crippen MR) is 89.9 cm³/mol. The van der Waals surface area contributed by atoms with Crippen molar-refractivity contribution in [2.45, 2.75) is 63.6 Å². The fourth-order valence-electron chi connectivity index (χ4n) is 4.15. The van der Waals surface area contributed by atoms with Crippen LogP contribution in [0.15, 0.2) is 0 Å². The number of carbonyl (C=O) groups is 3. The van der Waals surface area contributed by atoms with Crippen molar-refractivity contribution in [1.82, 2.24) is 9.80 Å². The Kier molecular flexibility index (Phi) is 5.93. The molecular weight excluding hydrogens is 324 g/mol. The van der Waals surface area contributed by atoms with E-state index in [1.54, 1.807) is 4.90 Å². The van der Waals surface area contributed by atoms with Gasteiger partial charge in [0.15, 0.2) is 6.10 Å². The van der Waals surface area contributed by atoms with Crippen molar-refractivity contribution in [3.8, 4) is 0 Å². The van der Waals surface area contributed by atoms with Crippen LogP contribution in [0.3, 0.4) is 0 Å². The van der Waals surface area contributed by atoms with Crippen LogP contribution in [0.2, 0.25) is 0 Å².